The van der Waals surface area contributed by atoms with Crippen LogP contribution in [0.1, 0.15) is 39.8 Å². The topological polar surface area (TPSA) is 67.2 Å². The number of benzene rings is 1. The highest BCUT2D eigenvalue weighted by Gasteiger charge is 2.12. The van der Waals surface area contributed by atoms with Gasteiger partial charge < -0.3 is 4.98 Å². The van der Waals surface area contributed by atoms with E-state index in [4.69, 9.17) is 0 Å². The van der Waals surface area contributed by atoms with E-state index < -0.39 is 0 Å². The Labute approximate surface area is 127 Å². The van der Waals surface area contributed by atoms with Crippen molar-refractivity contribution < 1.29 is 4.79 Å². The van der Waals surface area contributed by atoms with Crippen LogP contribution in [0.2, 0.25) is 0 Å². The number of nitrogens with one attached hydrogen (secondary N) is 1. The predicted octanol–water partition coefficient (Wildman–Crippen LogP) is 2.43. The van der Waals surface area contributed by atoms with Crippen LogP contribution in [-0.4, -0.2) is 20.2 Å². The third-order valence-electron chi connectivity index (χ3n) is 3.93. The number of aromatic amines is 1. The lowest BCUT2D eigenvalue weighted by molar-refractivity contribution is 0.101. The van der Waals surface area contributed by atoms with E-state index in [-0.39, 0.29) is 11.5 Å². The van der Waals surface area contributed by atoms with Crippen molar-refractivity contribution in [1.29, 1.82) is 0 Å². The third kappa shape index (κ3) is 2.35. The molecule has 0 amide bonds. The number of imidazole rings is 1. The van der Waals surface area contributed by atoms with Gasteiger partial charge in [-0.3, -0.25) is 4.79 Å². The Morgan fingerprint density at radius 3 is 2.82 bits per heavy atom. The fourth-order valence-electron chi connectivity index (χ4n) is 2.60. The molecule has 2 aromatic heterocycles. The summed E-state index contributed by atoms with van der Waals surface area (Å²) in [5, 5.41) is 0. The Morgan fingerprint density at radius 2 is 2.09 bits per heavy atom. The molecule has 0 aliphatic carbocycles. The molecule has 112 valence electrons. The van der Waals surface area contributed by atoms with Crippen molar-refractivity contribution in [1.82, 2.24) is 14.4 Å². The normalized spacial score (nSPS) is 11.0. The minimum atomic E-state index is -0.186. The number of H-pyrrole nitrogens is 1. The van der Waals surface area contributed by atoms with Gasteiger partial charge >= 0.3 is 5.69 Å². The molecule has 3 rings (SSSR count). The number of aromatic nitrogens is 3. The lowest BCUT2D eigenvalue weighted by Crippen LogP contribution is -2.18. The average molecular weight is 295 g/mol. The Bertz CT molecular complexity index is 935. The maximum absolute atomic E-state index is 12.0. The van der Waals surface area contributed by atoms with Crippen LogP contribution < -0.4 is 5.69 Å². The molecule has 3 aromatic rings. The van der Waals surface area contributed by atoms with Crippen molar-refractivity contribution in [3.63, 3.8) is 0 Å². The first-order chi connectivity index (χ1) is 10.5. The van der Waals surface area contributed by atoms with E-state index in [9.17, 15) is 9.59 Å². The lowest BCUT2D eigenvalue weighted by Gasteiger charge is -2.05. The summed E-state index contributed by atoms with van der Waals surface area (Å²) in [5.74, 6) is 0.0426. The molecule has 0 spiro atoms. The number of ketones is 1. The highest BCUT2D eigenvalue weighted by atomic mass is 16.1. The van der Waals surface area contributed by atoms with Crippen molar-refractivity contribution in [2.75, 3.05) is 0 Å². The highest BCUT2D eigenvalue weighted by molar-refractivity contribution is 5.94. The molecular weight excluding hydrogens is 278 g/mol. The molecule has 0 atom stereocenters. The molecule has 0 unspecified atom stereocenters. The predicted molar refractivity (Wildman–Crippen MR) is 84.5 cm³/mol. The van der Waals surface area contributed by atoms with E-state index in [1.165, 1.54) is 0 Å². The molecule has 0 aliphatic heterocycles. The number of nitrogens with zero attached hydrogens (tertiary/aromatic N) is 2. The summed E-state index contributed by atoms with van der Waals surface area (Å²) in [7, 11) is 0. The minimum Gasteiger partial charge on any atom is -0.313 e. The maximum Gasteiger partial charge on any atom is 0.331 e. The fourth-order valence-corrected chi connectivity index (χ4v) is 2.60. The summed E-state index contributed by atoms with van der Waals surface area (Å²) >= 11 is 0. The molecule has 0 radical (unpaired) electrons. The number of hydrogen-bond donors (Lipinski definition) is 1. The Hall–Kier alpha value is -2.69. The molecule has 0 fully saturated rings. The number of carbonyl (C=O) groups is 1. The van der Waals surface area contributed by atoms with Crippen LogP contribution >= 0.6 is 0 Å². The second-order valence-electron chi connectivity index (χ2n) is 5.49. The van der Waals surface area contributed by atoms with Crippen LogP contribution in [0, 0.1) is 13.8 Å². The second kappa shape index (κ2) is 5.26. The van der Waals surface area contributed by atoms with Crippen LogP contribution in [0.25, 0.3) is 5.65 Å². The number of hydrogen-bond acceptors (Lipinski definition) is 3. The number of rotatable bonds is 3. The number of aryl methyl sites for hydroxylation is 2. The standard InChI is InChI=1S/C17H17N3O2/c1-10-11(2)20-16(19-10)15(9-18-17(20)22)8-13-5-4-6-14(7-13)12(3)21/h4-7,9H,8H2,1-3H3,(H,18,22). The molecule has 1 N–H and O–H groups in total. The van der Waals surface area contributed by atoms with Crippen LogP contribution in [-0.2, 0) is 6.42 Å². The van der Waals surface area contributed by atoms with Gasteiger partial charge in [-0.1, -0.05) is 18.2 Å². The molecule has 1 aromatic carbocycles. The summed E-state index contributed by atoms with van der Waals surface area (Å²) in [4.78, 5) is 30.7. The maximum atomic E-state index is 12.0. The van der Waals surface area contributed by atoms with Gasteiger partial charge in [0.25, 0.3) is 0 Å². The van der Waals surface area contributed by atoms with Gasteiger partial charge in [-0.15, -0.1) is 0 Å². The van der Waals surface area contributed by atoms with E-state index in [0.717, 1.165) is 22.5 Å². The molecule has 0 saturated carbocycles. The molecule has 5 heteroatoms. The zero-order valence-corrected chi connectivity index (χ0v) is 12.8. The molecule has 22 heavy (non-hydrogen) atoms. The summed E-state index contributed by atoms with van der Waals surface area (Å²) < 4.78 is 1.60. The van der Waals surface area contributed by atoms with Crippen molar-refractivity contribution >= 4 is 11.4 Å². The van der Waals surface area contributed by atoms with Gasteiger partial charge in [0.1, 0.15) is 5.65 Å². The van der Waals surface area contributed by atoms with Crippen LogP contribution in [0.15, 0.2) is 35.3 Å². The zero-order valence-electron chi connectivity index (χ0n) is 12.8. The van der Waals surface area contributed by atoms with Crippen LogP contribution in [0.3, 0.4) is 0 Å². The summed E-state index contributed by atoms with van der Waals surface area (Å²) in [5.41, 5.74) is 4.80. The van der Waals surface area contributed by atoms with E-state index >= 15 is 0 Å². The zero-order chi connectivity index (χ0) is 15.9. The van der Waals surface area contributed by atoms with E-state index in [1.807, 2.05) is 32.0 Å². The van der Waals surface area contributed by atoms with Crippen LogP contribution in [0.5, 0.6) is 0 Å². The second-order valence-corrected chi connectivity index (χ2v) is 5.49. The van der Waals surface area contributed by atoms with Gasteiger partial charge in [-0.25, -0.2) is 14.2 Å². The summed E-state index contributed by atoms with van der Waals surface area (Å²) in [6, 6.07) is 7.53. The molecular formula is C17H17N3O2. The average Bonchev–Trinajstić information content (AvgIpc) is 2.79. The van der Waals surface area contributed by atoms with Gasteiger partial charge in [-0.05, 0) is 32.4 Å². The van der Waals surface area contributed by atoms with Crippen molar-refractivity contribution in [2.24, 2.45) is 0 Å². The number of fused-ring (bicyclic) bond motifs is 1. The summed E-state index contributed by atoms with van der Waals surface area (Å²) in [6.07, 6.45) is 2.31. The van der Waals surface area contributed by atoms with Crippen molar-refractivity contribution in [3.05, 3.63) is 69.0 Å². The Kier molecular flexibility index (Phi) is 3.41. The molecule has 5 nitrogen and oxygen atoms in total. The quantitative estimate of drug-likeness (QED) is 0.755. The Balaban J connectivity index is 2.10. The van der Waals surface area contributed by atoms with Gasteiger partial charge in [0.15, 0.2) is 5.78 Å². The van der Waals surface area contributed by atoms with Gasteiger partial charge in [0.2, 0.25) is 0 Å². The molecule has 0 saturated heterocycles. The molecule has 0 bridgehead atoms. The third-order valence-corrected chi connectivity index (χ3v) is 3.93. The lowest BCUT2D eigenvalue weighted by atomic mass is 10.0. The monoisotopic (exact) mass is 295 g/mol. The summed E-state index contributed by atoms with van der Waals surface area (Å²) in [6.45, 7) is 5.32. The van der Waals surface area contributed by atoms with E-state index in [1.54, 1.807) is 23.6 Å². The van der Waals surface area contributed by atoms with Gasteiger partial charge in [-0.2, -0.15) is 0 Å². The van der Waals surface area contributed by atoms with Gasteiger partial charge in [0, 0.05) is 29.4 Å². The fraction of sp³-hybridized carbons (Fsp3) is 0.235. The SMILES string of the molecule is CC(=O)c1cccc(Cc2c[nH]c(=O)n3c(C)c(C)nc23)c1. The number of Topliss-reactive ketones (excluding diaryl/α,β-unsaturated/α-hetero) is 1. The van der Waals surface area contributed by atoms with Crippen molar-refractivity contribution in [2.45, 2.75) is 27.2 Å². The largest absolute Gasteiger partial charge is 0.331 e. The smallest absolute Gasteiger partial charge is 0.313 e. The van der Waals surface area contributed by atoms with E-state index in [0.29, 0.717) is 17.6 Å². The van der Waals surface area contributed by atoms with Gasteiger partial charge in [0.05, 0.1) is 5.69 Å². The minimum absolute atomic E-state index is 0.0426. The van der Waals surface area contributed by atoms with E-state index in [2.05, 4.69) is 9.97 Å². The Morgan fingerprint density at radius 1 is 1.32 bits per heavy atom. The highest BCUT2D eigenvalue weighted by Crippen LogP contribution is 2.17. The van der Waals surface area contributed by atoms with Crippen molar-refractivity contribution in [3.8, 4) is 0 Å². The molecule has 0 aliphatic rings. The first-order valence-corrected chi connectivity index (χ1v) is 7.13. The molecule has 2 heterocycles. The van der Waals surface area contributed by atoms with Crippen LogP contribution in [0.4, 0.5) is 0 Å². The first kappa shape index (κ1) is 14.3. The first-order valence-electron chi connectivity index (χ1n) is 7.13. The number of carbonyl (C=O) groups excluding carboxylic acids is 1.